The van der Waals surface area contributed by atoms with Crippen molar-refractivity contribution in [1.82, 2.24) is 25.1 Å². The van der Waals surface area contributed by atoms with Gasteiger partial charge in [0.05, 0.1) is 35.7 Å². The number of anilines is 3. The fourth-order valence-electron chi connectivity index (χ4n) is 3.94. The summed E-state index contributed by atoms with van der Waals surface area (Å²) in [6.07, 6.45) is 5.68. The third-order valence-electron chi connectivity index (χ3n) is 5.82. The molecule has 34 heavy (non-hydrogen) atoms. The summed E-state index contributed by atoms with van der Waals surface area (Å²) in [6.45, 7) is 4.67. The summed E-state index contributed by atoms with van der Waals surface area (Å²) < 4.78 is 0. The van der Waals surface area contributed by atoms with E-state index in [1.54, 1.807) is 6.20 Å². The summed E-state index contributed by atoms with van der Waals surface area (Å²) in [5, 5.41) is 14.5. The van der Waals surface area contributed by atoms with Crippen molar-refractivity contribution in [1.29, 1.82) is 0 Å². The molecule has 10 heteroatoms. The molecule has 3 aromatic heterocycles. The number of hydrogen-bond acceptors (Lipinski definition) is 7. The molecule has 1 aliphatic carbocycles. The summed E-state index contributed by atoms with van der Waals surface area (Å²) in [5.41, 5.74) is 3.23. The van der Waals surface area contributed by atoms with Gasteiger partial charge in [-0.15, -0.1) is 0 Å². The Bertz CT molecular complexity index is 1360. The molecular formula is C24H25N7O2S. The van der Waals surface area contributed by atoms with Crippen LogP contribution < -0.4 is 10.6 Å². The lowest BCUT2D eigenvalue weighted by Crippen LogP contribution is -2.34. The third-order valence-corrected chi connectivity index (χ3v) is 6.73. The van der Waals surface area contributed by atoms with Crippen molar-refractivity contribution < 1.29 is 9.59 Å². The molecule has 0 radical (unpaired) electrons. The summed E-state index contributed by atoms with van der Waals surface area (Å²) >= 11 is 1.24. The molecule has 3 heterocycles. The second kappa shape index (κ2) is 9.22. The Morgan fingerprint density at radius 1 is 1.21 bits per heavy atom. The number of aromatic amines is 1. The molecule has 1 fully saturated rings. The number of nitrogens with zero attached hydrogens (tertiary/aromatic N) is 4. The standard InChI is InChI=1S/C24H25N7O2S/c1-3-31(16-8-9-16)21(32)11-15-5-4-6-20(27-15)28-24-25-13-19(34-24)23(33)29-22-14(2)7-10-18-17(22)12-26-30-18/h4-7,10,12-13,16H,3,8-9,11H2,1-2H3,(H,26,30)(H,29,33)(H,25,27,28). The van der Waals surface area contributed by atoms with Crippen molar-refractivity contribution in [3.63, 3.8) is 0 Å². The Labute approximate surface area is 200 Å². The first-order chi connectivity index (χ1) is 16.5. The number of carbonyl (C=O) groups is 2. The Kier molecular flexibility index (Phi) is 5.97. The van der Waals surface area contributed by atoms with E-state index in [9.17, 15) is 9.59 Å². The van der Waals surface area contributed by atoms with Gasteiger partial charge in [0.15, 0.2) is 5.13 Å². The van der Waals surface area contributed by atoms with E-state index in [4.69, 9.17) is 0 Å². The van der Waals surface area contributed by atoms with E-state index in [1.165, 1.54) is 17.5 Å². The van der Waals surface area contributed by atoms with Crippen LogP contribution in [0.1, 0.15) is 40.7 Å². The van der Waals surface area contributed by atoms with Crippen LogP contribution >= 0.6 is 11.3 Å². The lowest BCUT2D eigenvalue weighted by molar-refractivity contribution is -0.130. The smallest absolute Gasteiger partial charge is 0.267 e. The Morgan fingerprint density at radius 3 is 2.85 bits per heavy atom. The number of pyridine rings is 1. The number of rotatable bonds is 8. The van der Waals surface area contributed by atoms with E-state index in [0.717, 1.165) is 41.5 Å². The number of thiazole rings is 1. The highest BCUT2D eigenvalue weighted by atomic mass is 32.1. The highest BCUT2D eigenvalue weighted by molar-refractivity contribution is 7.17. The number of likely N-dealkylation sites (N-methyl/N-ethyl adjacent to an activating group) is 1. The summed E-state index contributed by atoms with van der Waals surface area (Å²) in [4.78, 5) is 36.8. The molecule has 0 bridgehead atoms. The normalized spacial score (nSPS) is 13.1. The quantitative estimate of drug-likeness (QED) is 0.350. The average molecular weight is 476 g/mol. The second-order valence-corrected chi connectivity index (χ2v) is 9.33. The first kappa shape index (κ1) is 22.0. The maximum absolute atomic E-state index is 12.9. The topological polar surface area (TPSA) is 116 Å². The number of carbonyl (C=O) groups excluding carboxylic acids is 2. The molecular weight excluding hydrogens is 450 g/mol. The SMILES string of the molecule is CCN(C(=O)Cc1cccc(Nc2ncc(C(=O)Nc3c(C)ccc4[nH]ncc34)s2)n1)C1CC1. The van der Waals surface area contributed by atoms with Crippen molar-refractivity contribution in [2.45, 2.75) is 39.2 Å². The van der Waals surface area contributed by atoms with Crippen molar-refractivity contribution in [3.05, 3.63) is 58.9 Å². The highest BCUT2D eigenvalue weighted by Gasteiger charge is 2.31. The van der Waals surface area contributed by atoms with Gasteiger partial charge in [-0.05, 0) is 50.5 Å². The lowest BCUT2D eigenvalue weighted by atomic mass is 10.1. The number of aryl methyl sites for hydroxylation is 1. The van der Waals surface area contributed by atoms with Gasteiger partial charge in [0, 0.05) is 18.0 Å². The number of fused-ring (bicyclic) bond motifs is 1. The molecule has 0 aliphatic heterocycles. The molecule has 0 unspecified atom stereocenters. The summed E-state index contributed by atoms with van der Waals surface area (Å²) in [7, 11) is 0. The van der Waals surface area contributed by atoms with Crippen molar-refractivity contribution in [2.24, 2.45) is 0 Å². The van der Waals surface area contributed by atoms with E-state index in [1.807, 2.05) is 49.1 Å². The van der Waals surface area contributed by atoms with E-state index in [2.05, 4.69) is 30.8 Å². The fourth-order valence-corrected chi connectivity index (χ4v) is 4.66. The minimum atomic E-state index is -0.241. The summed E-state index contributed by atoms with van der Waals surface area (Å²) in [5.74, 6) is 0.445. The number of aromatic nitrogens is 4. The molecule has 174 valence electrons. The zero-order valence-electron chi connectivity index (χ0n) is 19.0. The van der Waals surface area contributed by atoms with E-state index in [0.29, 0.717) is 27.6 Å². The molecule has 0 spiro atoms. The monoisotopic (exact) mass is 475 g/mol. The average Bonchev–Trinajstić information content (AvgIpc) is 3.34. The van der Waals surface area contributed by atoms with Crippen LogP contribution in [0.5, 0.6) is 0 Å². The molecule has 0 atom stereocenters. The van der Waals surface area contributed by atoms with E-state index < -0.39 is 0 Å². The third kappa shape index (κ3) is 4.62. The minimum Gasteiger partial charge on any atom is -0.340 e. The first-order valence-corrected chi connectivity index (χ1v) is 12.1. The number of nitrogens with one attached hydrogen (secondary N) is 3. The van der Waals surface area contributed by atoms with Crippen molar-refractivity contribution in [3.8, 4) is 0 Å². The van der Waals surface area contributed by atoms with Gasteiger partial charge in [-0.1, -0.05) is 23.5 Å². The van der Waals surface area contributed by atoms with Gasteiger partial charge in [-0.3, -0.25) is 14.7 Å². The van der Waals surface area contributed by atoms with Gasteiger partial charge in [0.2, 0.25) is 5.91 Å². The van der Waals surface area contributed by atoms with Crippen LogP contribution in [0.15, 0.2) is 42.7 Å². The maximum Gasteiger partial charge on any atom is 0.267 e. The van der Waals surface area contributed by atoms with Gasteiger partial charge in [-0.2, -0.15) is 5.10 Å². The van der Waals surface area contributed by atoms with Crippen molar-refractivity contribution >= 4 is 50.7 Å². The number of hydrogen-bond donors (Lipinski definition) is 3. The van der Waals surface area contributed by atoms with Gasteiger partial charge in [0.1, 0.15) is 10.7 Å². The van der Waals surface area contributed by atoms with Crippen LogP contribution in [0.25, 0.3) is 10.9 Å². The lowest BCUT2D eigenvalue weighted by Gasteiger charge is -2.20. The van der Waals surface area contributed by atoms with Gasteiger partial charge in [0.25, 0.3) is 5.91 Å². The van der Waals surface area contributed by atoms with Gasteiger partial charge >= 0.3 is 0 Å². The van der Waals surface area contributed by atoms with Crippen LogP contribution in [0.3, 0.4) is 0 Å². The van der Waals surface area contributed by atoms with Crippen LogP contribution in [0.4, 0.5) is 16.6 Å². The predicted octanol–water partition coefficient (Wildman–Crippen LogP) is 4.27. The molecule has 3 N–H and O–H groups in total. The van der Waals surface area contributed by atoms with Crippen LogP contribution in [-0.4, -0.2) is 49.5 Å². The number of benzene rings is 1. The largest absolute Gasteiger partial charge is 0.340 e. The highest BCUT2D eigenvalue weighted by Crippen LogP contribution is 2.29. The van der Waals surface area contributed by atoms with Gasteiger partial charge in [-0.25, -0.2) is 9.97 Å². The second-order valence-electron chi connectivity index (χ2n) is 8.30. The molecule has 4 aromatic rings. The Morgan fingerprint density at radius 2 is 2.06 bits per heavy atom. The van der Waals surface area contributed by atoms with Crippen LogP contribution in [0, 0.1) is 6.92 Å². The molecule has 1 aromatic carbocycles. The molecule has 0 saturated heterocycles. The molecule has 1 saturated carbocycles. The van der Waals surface area contributed by atoms with Crippen molar-refractivity contribution in [2.75, 3.05) is 17.2 Å². The van der Waals surface area contributed by atoms with Gasteiger partial charge < -0.3 is 15.5 Å². The molecule has 9 nitrogen and oxygen atoms in total. The first-order valence-electron chi connectivity index (χ1n) is 11.2. The zero-order chi connectivity index (χ0) is 23.7. The van der Waals surface area contributed by atoms with E-state index in [-0.39, 0.29) is 18.2 Å². The number of amides is 2. The summed E-state index contributed by atoms with van der Waals surface area (Å²) in [6, 6.07) is 9.79. The molecule has 5 rings (SSSR count). The number of H-pyrrole nitrogens is 1. The van der Waals surface area contributed by atoms with Crippen LogP contribution in [-0.2, 0) is 11.2 Å². The Hall–Kier alpha value is -3.79. The molecule has 2 amide bonds. The fraction of sp³-hybridized carbons (Fsp3) is 0.292. The molecule has 1 aliphatic rings. The zero-order valence-corrected chi connectivity index (χ0v) is 19.8. The van der Waals surface area contributed by atoms with Crippen LogP contribution in [0.2, 0.25) is 0 Å². The predicted molar refractivity (Wildman–Crippen MR) is 133 cm³/mol. The minimum absolute atomic E-state index is 0.103. The Balaban J connectivity index is 1.26. The maximum atomic E-state index is 12.9. The van der Waals surface area contributed by atoms with E-state index >= 15 is 0 Å².